The highest BCUT2D eigenvalue weighted by Gasteiger charge is 2.31. The molecule has 104 valence electrons. The van der Waals surface area contributed by atoms with Crippen LogP contribution in [0.15, 0.2) is 93.5 Å². The van der Waals surface area contributed by atoms with Crippen molar-refractivity contribution in [3.05, 3.63) is 84.7 Å². The molecular weight excluding hydrogens is 283 g/mol. The van der Waals surface area contributed by atoms with Crippen LogP contribution in [-0.4, -0.2) is 5.11 Å². The molecule has 0 unspecified atom stereocenters. The molecule has 0 saturated carbocycles. The van der Waals surface area contributed by atoms with Gasteiger partial charge in [0.05, 0.1) is 0 Å². The van der Waals surface area contributed by atoms with Gasteiger partial charge in [0.1, 0.15) is 16.7 Å². The fraction of sp³-hybridized carbons (Fsp3) is 0. The van der Waals surface area contributed by atoms with Crippen molar-refractivity contribution < 1.29 is 9.50 Å². The molecule has 21 heavy (non-hydrogen) atoms. The van der Waals surface area contributed by atoms with Crippen LogP contribution in [0.4, 0.5) is 4.39 Å². The molecule has 0 spiro atoms. The van der Waals surface area contributed by atoms with Crippen LogP contribution in [0.25, 0.3) is 0 Å². The SMILES string of the molecule is Oc1cc(F)ccc1[S+](c1ccccc1)c1ccccc1. The summed E-state index contributed by atoms with van der Waals surface area (Å²) in [4.78, 5) is 2.91. The molecule has 0 aliphatic heterocycles. The molecule has 3 aromatic carbocycles. The van der Waals surface area contributed by atoms with Gasteiger partial charge in [-0.15, -0.1) is 0 Å². The highest BCUT2D eigenvalue weighted by molar-refractivity contribution is 7.97. The molecule has 3 heteroatoms. The fourth-order valence-electron chi connectivity index (χ4n) is 2.17. The van der Waals surface area contributed by atoms with Crippen molar-refractivity contribution in [3.63, 3.8) is 0 Å². The van der Waals surface area contributed by atoms with Crippen molar-refractivity contribution >= 4 is 10.9 Å². The normalized spacial score (nSPS) is 10.8. The van der Waals surface area contributed by atoms with E-state index in [1.807, 2.05) is 60.7 Å². The Labute approximate surface area is 126 Å². The minimum atomic E-state index is -0.451. The van der Waals surface area contributed by atoms with Gasteiger partial charge in [-0.1, -0.05) is 36.4 Å². The van der Waals surface area contributed by atoms with Crippen LogP contribution in [0.2, 0.25) is 0 Å². The molecule has 0 saturated heterocycles. The Hall–Kier alpha value is -2.26. The van der Waals surface area contributed by atoms with Crippen molar-refractivity contribution in [2.45, 2.75) is 14.7 Å². The highest BCUT2D eigenvalue weighted by atomic mass is 32.2. The minimum absolute atomic E-state index is 0.00830. The summed E-state index contributed by atoms with van der Waals surface area (Å²) in [6.07, 6.45) is 0. The molecule has 0 fully saturated rings. The molecule has 0 aromatic heterocycles. The standard InChI is InChI=1S/C18H13FOS/c19-14-11-12-18(17(20)13-14)21(15-7-3-1-4-8-15)16-9-5-2-6-10-16/h1-13H/p+1. The number of phenols is 1. The largest absolute Gasteiger partial charge is 0.503 e. The fourth-order valence-corrected chi connectivity index (χ4v) is 4.28. The van der Waals surface area contributed by atoms with E-state index in [-0.39, 0.29) is 5.75 Å². The Morgan fingerprint density at radius 3 is 1.71 bits per heavy atom. The second-order valence-electron chi connectivity index (χ2n) is 4.54. The van der Waals surface area contributed by atoms with E-state index >= 15 is 0 Å². The third-order valence-corrected chi connectivity index (χ3v) is 5.37. The van der Waals surface area contributed by atoms with Crippen molar-refractivity contribution in [2.75, 3.05) is 0 Å². The third-order valence-electron chi connectivity index (χ3n) is 3.10. The molecule has 0 aliphatic carbocycles. The maximum Gasteiger partial charge on any atom is 0.208 e. The lowest BCUT2D eigenvalue weighted by atomic mass is 10.3. The van der Waals surface area contributed by atoms with E-state index in [0.29, 0.717) is 0 Å². The van der Waals surface area contributed by atoms with Gasteiger partial charge in [-0.05, 0) is 30.3 Å². The maximum absolute atomic E-state index is 13.3. The minimum Gasteiger partial charge on any atom is -0.503 e. The van der Waals surface area contributed by atoms with Crippen LogP contribution in [0.5, 0.6) is 5.75 Å². The number of rotatable bonds is 3. The lowest BCUT2D eigenvalue weighted by molar-refractivity contribution is 0.455. The summed E-state index contributed by atoms with van der Waals surface area (Å²) in [7, 11) is -0.451. The van der Waals surface area contributed by atoms with Gasteiger partial charge in [0.15, 0.2) is 15.5 Å². The molecule has 0 aliphatic rings. The number of aromatic hydroxyl groups is 1. The van der Waals surface area contributed by atoms with Crippen molar-refractivity contribution in [2.24, 2.45) is 0 Å². The summed E-state index contributed by atoms with van der Waals surface area (Å²) >= 11 is 0. The first-order chi connectivity index (χ1) is 10.3. The van der Waals surface area contributed by atoms with Crippen LogP contribution >= 0.6 is 0 Å². The number of phenolic OH excluding ortho intramolecular Hbond substituents is 1. The first-order valence-electron chi connectivity index (χ1n) is 6.58. The van der Waals surface area contributed by atoms with Crippen LogP contribution < -0.4 is 0 Å². The van der Waals surface area contributed by atoms with E-state index in [9.17, 15) is 9.50 Å². The summed E-state index contributed by atoms with van der Waals surface area (Å²) in [6, 6.07) is 24.1. The van der Waals surface area contributed by atoms with Crippen LogP contribution in [0, 0.1) is 5.82 Å². The summed E-state index contributed by atoms with van der Waals surface area (Å²) in [5.74, 6) is -0.438. The second kappa shape index (κ2) is 6.02. The second-order valence-corrected chi connectivity index (χ2v) is 6.54. The van der Waals surface area contributed by atoms with E-state index in [2.05, 4.69) is 0 Å². The first-order valence-corrected chi connectivity index (χ1v) is 7.81. The van der Waals surface area contributed by atoms with Crippen LogP contribution in [-0.2, 0) is 10.9 Å². The Morgan fingerprint density at radius 1 is 0.714 bits per heavy atom. The zero-order chi connectivity index (χ0) is 14.7. The molecule has 1 nitrogen and oxygen atoms in total. The molecule has 0 atom stereocenters. The first kappa shape index (κ1) is 13.7. The topological polar surface area (TPSA) is 20.2 Å². The van der Waals surface area contributed by atoms with Gasteiger partial charge in [0.2, 0.25) is 4.90 Å². The molecule has 3 aromatic rings. The van der Waals surface area contributed by atoms with Gasteiger partial charge in [-0.3, -0.25) is 0 Å². The van der Waals surface area contributed by atoms with E-state index in [0.717, 1.165) is 14.7 Å². The van der Waals surface area contributed by atoms with E-state index in [1.54, 1.807) is 6.07 Å². The zero-order valence-electron chi connectivity index (χ0n) is 11.2. The molecule has 3 rings (SSSR count). The van der Waals surface area contributed by atoms with Gasteiger partial charge in [0.25, 0.3) is 0 Å². The molecule has 0 radical (unpaired) electrons. The predicted molar refractivity (Wildman–Crippen MR) is 83.1 cm³/mol. The Morgan fingerprint density at radius 2 is 1.24 bits per heavy atom. The number of halogens is 1. The number of hydrogen-bond donors (Lipinski definition) is 1. The number of hydrogen-bond acceptors (Lipinski definition) is 1. The quantitative estimate of drug-likeness (QED) is 0.699. The van der Waals surface area contributed by atoms with E-state index < -0.39 is 16.7 Å². The van der Waals surface area contributed by atoms with Crippen LogP contribution in [0.1, 0.15) is 0 Å². The van der Waals surface area contributed by atoms with Gasteiger partial charge < -0.3 is 5.11 Å². The lowest BCUT2D eigenvalue weighted by Crippen LogP contribution is -2.05. The van der Waals surface area contributed by atoms with Gasteiger partial charge >= 0.3 is 0 Å². The third kappa shape index (κ3) is 2.93. The maximum atomic E-state index is 13.3. The van der Waals surface area contributed by atoms with Gasteiger partial charge in [-0.25, -0.2) is 4.39 Å². The number of benzene rings is 3. The van der Waals surface area contributed by atoms with Crippen molar-refractivity contribution in [3.8, 4) is 5.75 Å². The molecule has 0 amide bonds. The summed E-state index contributed by atoms with van der Waals surface area (Å²) in [5, 5.41) is 10.2. The monoisotopic (exact) mass is 297 g/mol. The van der Waals surface area contributed by atoms with Crippen molar-refractivity contribution in [1.82, 2.24) is 0 Å². The Balaban J connectivity index is 2.17. The van der Waals surface area contributed by atoms with E-state index in [1.165, 1.54) is 12.1 Å². The summed E-state index contributed by atoms with van der Waals surface area (Å²) < 4.78 is 13.3. The molecular formula is C18H14FOS+. The Kier molecular flexibility index (Phi) is 3.93. The molecule has 0 bridgehead atoms. The zero-order valence-corrected chi connectivity index (χ0v) is 12.1. The summed E-state index contributed by atoms with van der Waals surface area (Å²) in [6.45, 7) is 0. The highest BCUT2D eigenvalue weighted by Crippen LogP contribution is 2.36. The summed E-state index contributed by atoms with van der Waals surface area (Å²) in [5.41, 5.74) is 0. The Bertz CT molecular complexity index is 689. The predicted octanol–water partition coefficient (Wildman–Crippen LogP) is 4.63. The molecule has 0 heterocycles. The van der Waals surface area contributed by atoms with Gasteiger partial charge in [-0.2, -0.15) is 0 Å². The van der Waals surface area contributed by atoms with Crippen molar-refractivity contribution in [1.29, 1.82) is 0 Å². The van der Waals surface area contributed by atoms with Crippen LogP contribution in [0.3, 0.4) is 0 Å². The average Bonchev–Trinajstić information content (AvgIpc) is 2.52. The van der Waals surface area contributed by atoms with Gasteiger partial charge in [0, 0.05) is 12.1 Å². The lowest BCUT2D eigenvalue weighted by Gasteiger charge is -2.09. The molecule has 1 N–H and O–H groups in total. The smallest absolute Gasteiger partial charge is 0.208 e. The average molecular weight is 297 g/mol. The van der Waals surface area contributed by atoms with E-state index in [4.69, 9.17) is 0 Å².